The van der Waals surface area contributed by atoms with E-state index in [-0.39, 0.29) is 23.1 Å². The Labute approximate surface area is 163 Å². The van der Waals surface area contributed by atoms with Crippen LogP contribution in [0.4, 0.5) is 0 Å². The maximum Gasteiger partial charge on any atom is 0.273 e. The molecule has 0 aliphatic rings. The number of carbonyl (C=O) groups excluding carboxylic acids is 1. The van der Waals surface area contributed by atoms with E-state index in [0.29, 0.717) is 18.1 Å². The van der Waals surface area contributed by atoms with Gasteiger partial charge in [0.15, 0.2) is 5.69 Å². The molecule has 0 bridgehead atoms. The summed E-state index contributed by atoms with van der Waals surface area (Å²) in [6.45, 7) is 7.34. The van der Waals surface area contributed by atoms with Crippen LogP contribution in [0.3, 0.4) is 0 Å². The molecule has 7 nitrogen and oxygen atoms in total. The highest BCUT2D eigenvalue weighted by Crippen LogP contribution is 2.21. The molecule has 1 N–H and O–H groups in total. The molecule has 2 heterocycles. The maximum absolute atomic E-state index is 12.7. The van der Waals surface area contributed by atoms with Crippen LogP contribution >= 0.6 is 11.6 Å². The number of hydrogen-bond acceptors (Lipinski definition) is 4. The van der Waals surface area contributed by atoms with Crippen LogP contribution in [0.25, 0.3) is 0 Å². The van der Waals surface area contributed by atoms with E-state index in [4.69, 9.17) is 11.6 Å². The Bertz CT molecular complexity index is 897. The molecule has 0 spiro atoms. The molecule has 0 fully saturated rings. The second-order valence-corrected chi connectivity index (χ2v) is 7.95. The van der Waals surface area contributed by atoms with Crippen LogP contribution in [-0.4, -0.2) is 36.5 Å². The van der Waals surface area contributed by atoms with Crippen LogP contribution in [0.15, 0.2) is 49.2 Å². The summed E-state index contributed by atoms with van der Waals surface area (Å²) >= 11 is 6.18. The van der Waals surface area contributed by atoms with E-state index in [1.54, 1.807) is 23.4 Å². The number of nitrogens with one attached hydrogen (secondary N) is 1. The molecule has 0 saturated heterocycles. The van der Waals surface area contributed by atoms with E-state index >= 15 is 0 Å². The lowest BCUT2D eigenvalue weighted by Crippen LogP contribution is -2.46. The smallest absolute Gasteiger partial charge is 0.273 e. The Morgan fingerprint density at radius 2 is 2.07 bits per heavy atom. The highest BCUT2D eigenvalue weighted by atomic mass is 35.5. The highest BCUT2D eigenvalue weighted by molar-refractivity contribution is 6.31. The van der Waals surface area contributed by atoms with Crippen LogP contribution in [0.1, 0.15) is 36.8 Å². The van der Waals surface area contributed by atoms with Gasteiger partial charge in [-0.15, -0.1) is 5.10 Å². The van der Waals surface area contributed by atoms with Crippen molar-refractivity contribution in [3.8, 4) is 0 Å². The lowest BCUT2D eigenvalue weighted by Gasteiger charge is -2.31. The average Bonchev–Trinajstić information content (AvgIpc) is 3.27. The molecule has 3 aromatic rings. The Morgan fingerprint density at radius 3 is 2.74 bits per heavy atom. The average molecular weight is 387 g/mol. The molecule has 8 heteroatoms. The van der Waals surface area contributed by atoms with Crippen molar-refractivity contribution in [2.24, 2.45) is 5.41 Å². The molecule has 27 heavy (non-hydrogen) atoms. The van der Waals surface area contributed by atoms with Crippen molar-refractivity contribution in [3.63, 3.8) is 0 Å². The zero-order chi connectivity index (χ0) is 19.4. The van der Waals surface area contributed by atoms with Gasteiger partial charge in [-0.05, 0) is 17.0 Å². The summed E-state index contributed by atoms with van der Waals surface area (Å²) in [4.78, 5) is 16.7. The molecule has 142 valence electrons. The first kappa shape index (κ1) is 19.1. The number of imidazole rings is 1. The molecule has 1 atom stereocenters. The summed E-state index contributed by atoms with van der Waals surface area (Å²) in [6, 6.07) is 7.44. The first-order valence-corrected chi connectivity index (χ1v) is 9.11. The second-order valence-electron chi connectivity index (χ2n) is 7.54. The number of rotatable bonds is 6. The van der Waals surface area contributed by atoms with Gasteiger partial charge >= 0.3 is 0 Å². The van der Waals surface area contributed by atoms with Gasteiger partial charge in [-0.1, -0.05) is 55.8 Å². The molecule has 1 amide bonds. The van der Waals surface area contributed by atoms with Crippen molar-refractivity contribution in [3.05, 3.63) is 65.5 Å². The van der Waals surface area contributed by atoms with Gasteiger partial charge in [0.1, 0.15) is 0 Å². The van der Waals surface area contributed by atoms with Crippen LogP contribution in [0, 0.1) is 5.41 Å². The summed E-state index contributed by atoms with van der Waals surface area (Å²) in [5, 5.41) is 11.8. The van der Waals surface area contributed by atoms with E-state index in [1.165, 1.54) is 0 Å². The zero-order valence-corrected chi connectivity index (χ0v) is 16.4. The lowest BCUT2D eigenvalue weighted by atomic mass is 9.86. The van der Waals surface area contributed by atoms with E-state index < -0.39 is 0 Å². The van der Waals surface area contributed by atoms with Gasteiger partial charge in [0.2, 0.25) is 0 Å². The quantitative estimate of drug-likeness (QED) is 0.706. The third kappa shape index (κ3) is 4.95. The summed E-state index contributed by atoms with van der Waals surface area (Å²) in [6.07, 6.45) is 6.98. The zero-order valence-electron chi connectivity index (χ0n) is 15.6. The number of nitrogens with zero attached hydrogens (tertiary/aromatic N) is 5. The molecule has 2 aromatic heterocycles. The van der Waals surface area contributed by atoms with Gasteiger partial charge in [-0.25, -0.2) is 9.67 Å². The molecule has 0 aliphatic carbocycles. The molecular formula is C19H23ClN6O. The molecule has 0 saturated carbocycles. The van der Waals surface area contributed by atoms with Crippen molar-refractivity contribution >= 4 is 17.5 Å². The standard InChI is InChI=1S/C19H23ClN6O/c1-19(2,3)17(12-25-9-8-21-13-25)22-18(27)16-11-26(24-23-16)10-14-6-4-5-7-15(14)20/h4-9,11,13,17H,10,12H2,1-3H3,(H,22,27)/t17-/m0/s1. The van der Waals surface area contributed by atoms with Crippen molar-refractivity contribution in [2.75, 3.05) is 0 Å². The first-order chi connectivity index (χ1) is 12.8. The largest absolute Gasteiger partial charge is 0.346 e. The second kappa shape index (κ2) is 7.92. The van der Waals surface area contributed by atoms with E-state index in [0.717, 1.165) is 5.56 Å². The van der Waals surface area contributed by atoms with Crippen LogP contribution in [-0.2, 0) is 13.1 Å². The predicted octanol–water partition coefficient (Wildman–Crippen LogP) is 3.02. The summed E-state index contributed by atoms with van der Waals surface area (Å²) in [5.74, 6) is -0.250. The number of halogens is 1. The minimum atomic E-state index is -0.250. The molecule has 0 unspecified atom stereocenters. The van der Waals surface area contributed by atoms with Gasteiger partial charge in [0, 0.05) is 24.0 Å². The Morgan fingerprint density at radius 1 is 1.30 bits per heavy atom. The number of hydrogen-bond donors (Lipinski definition) is 1. The van der Waals surface area contributed by atoms with E-state index in [1.807, 2.05) is 35.0 Å². The summed E-state index contributed by atoms with van der Waals surface area (Å²) < 4.78 is 3.56. The van der Waals surface area contributed by atoms with Gasteiger partial charge < -0.3 is 9.88 Å². The Hall–Kier alpha value is -2.67. The van der Waals surface area contributed by atoms with E-state index in [2.05, 4.69) is 41.4 Å². The van der Waals surface area contributed by atoms with Crippen LogP contribution in [0.2, 0.25) is 5.02 Å². The minimum absolute atomic E-state index is 0.0899. The first-order valence-electron chi connectivity index (χ1n) is 8.73. The van der Waals surface area contributed by atoms with Gasteiger partial charge in [0.25, 0.3) is 5.91 Å². The van der Waals surface area contributed by atoms with Crippen molar-refractivity contribution in [2.45, 2.75) is 39.9 Å². The highest BCUT2D eigenvalue weighted by Gasteiger charge is 2.27. The Kier molecular flexibility index (Phi) is 5.60. The fraction of sp³-hybridized carbons (Fsp3) is 0.368. The fourth-order valence-corrected chi connectivity index (χ4v) is 2.85. The summed E-state index contributed by atoms with van der Waals surface area (Å²) in [5.41, 5.74) is 1.07. The number of amides is 1. The van der Waals surface area contributed by atoms with Crippen LogP contribution < -0.4 is 5.32 Å². The SMILES string of the molecule is CC(C)(C)[C@H](Cn1ccnc1)NC(=O)c1cn(Cc2ccccc2Cl)nn1. The molecule has 0 radical (unpaired) electrons. The topological polar surface area (TPSA) is 77.6 Å². The monoisotopic (exact) mass is 386 g/mol. The normalized spacial score (nSPS) is 12.7. The van der Waals surface area contributed by atoms with E-state index in [9.17, 15) is 4.79 Å². The van der Waals surface area contributed by atoms with Crippen LogP contribution in [0.5, 0.6) is 0 Å². The number of benzene rings is 1. The third-order valence-electron chi connectivity index (χ3n) is 4.36. The summed E-state index contributed by atoms with van der Waals surface area (Å²) in [7, 11) is 0. The molecule has 1 aromatic carbocycles. The molecular weight excluding hydrogens is 364 g/mol. The number of aromatic nitrogens is 5. The van der Waals surface area contributed by atoms with Crippen molar-refractivity contribution < 1.29 is 4.79 Å². The van der Waals surface area contributed by atoms with Gasteiger partial charge in [0.05, 0.1) is 25.1 Å². The predicted molar refractivity (Wildman–Crippen MR) is 104 cm³/mol. The van der Waals surface area contributed by atoms with Crippen molar-refractivity contribution in [1.82, 2.24) is 29.9 Å². The molecule has 3 rings (SSSR count). The fourth-order valence-electron chi connectivity index (χ4n) is 2.65. The third-order valence-corrected chi connectivity index (χ3v) is 4.73. The van der Waals surface area contributed by atoms with Gasteiger partial charge in [-0.2, -0.15) is 0 Å². The maximum atomic E-state index is 12.7. The lowest BCUT2D eigenvalue weighted by molar-refractivity contribution is 0.0887. The minimum Gasteiger partial charge on any atom is -0.346 e. The van der Waals surface area contributed by atoms with Gasteiger partial charge in [-0.3, -0.25) is 4.79 Å². The molecule has 0 aliphatic heterocycles. The number of carbonyl (C=O) groups is 1. The van der Waals surface area contributed by atoms with Crippen molar-refractivity contribution in [1.29, 1.82) is 0 Å². The Balaban J connectivity index is 1.69.